The highest BCUT2D eigenvalue weighted by molar-refractivity contribution is 6.34. The molecular formula is C23H26ClN5O. The van der Waals surface area contributed by atoms with Crippen LogP contribution in [0, 0.1) is 5.92 Å². The van der Waals surface area contributed by atoms with Gasteiger partial charge in [0.2, 0.25) is 5.88 Å². The van der Waals surface area contributed by atoms with Gasteiger partial charge >= 0.3 is 0 Å². The molecule has 0 radical (unpaired) electrons. The number of nitrogens with zero attached hydrogens (tertiary/aromatic N) is 4. The Morgan fingerprint density at radius 1 is 1.17 bits per heavy atom. The average molecular weight is 424 g/mol. The number of rotatable bonds is 3. The summed E-state index contributed by atoms with van der Waals surface area (Å²) in [7, 11) is 3.77. The van der Waals surface area contributed by atoms with Crippen molar-refractivity contribution in [3.8, 4) is 5.88 Å². The number of azo groups is 1. The quantitative estimate of drug-likeness (QED) is 0.816. The van der Waals surface area contributed by atoms with Crippen molar-refractivity contribution < 1.29 is 4.74 Å². The highest BCUT2D eigenvalue weighted by Crippen LogP contribution is 2.39. The van der Waals surface area contributed by atoms with Gasteiger partial charge in [0, 0.05) is 47.8 Å². The third-order valence-electron chi connectivity index (χ3n) is 6.48. The highest BCUT2D eigenvalue weighted by atomic mass is 35.5. The second-order valence-corrected chi connectivity index (χ2v) is 8.73. The molecule has 4 heterocycles. The van der Waals surface area contributed by atoms with E-state index in [0.29, 0.717) is 24.3 Å². The van der Waals surface area contributed by atoms with Crippen molar-refractivity contribution in [1.29, 1.82) is 0 Å². The topological polar surface area (TPSA) is 65.9 Å². The molecule has 0 saturated heterocycles. The first-order valence-electron chi connectivity index (χ1n) is 10.6. The summed E-state index contributed by atoms with van der Waals surface area (Å²) in [6.07, 6.45) is 8.41. The van der Waals surface area contributed by atoms with Gasteiger partial charge in [0.05, 0.1) is 35.7 Å². The van der Waals surface area contributed by atoms with E-state index in [1.807, 2.05) is 24.3 Å². The smallest absolute Gasteiger partial charge is 0.213 e. The van der Waals surface area contributed by atoms with Crippen molar-refractivity contribution >= 4 is 29.1 Å². The molecule has 1 saturated carbocycles. The number of likely N-dealkylation sites (N-methyl/N-ethyl adjacent to an activating group) is 1. The number of aromatic nitrogens is 2. The monoisotopic (exact) mass is 423 g/mol. The average Bonchev–Trinajstić information content (AvgIpc) is 3.08. The van der Waals surface area contributed by atoms with Gasteiger partial charge in [0.1, 0.15) is 0 Å². The van der Waals surface area contributed by atoms with E-state index in [9.17, 15) is 0 Å². The number of H-pyrrole nitrogens is 1. The maximum Gasteiger partial charge on any atom is 0.213 e. The molecule has 3 aliphatic rings. The van der Waals surface area contributed by atoms with E-state index >= 15 is 0 Å². The van der Waals surface area contributed by atoms with Gasteiger partial charge in [-0.05, 0) is 43.9 Å². The third kappa shape index (κ3) is 3.43. The zero-order chi connectivity index (χ0) is 20.7. The molecule has 0 spiro atoms. The maximum absolute atomic E-state index is 6.35. The van der Waals surface area contributed by atoms with Crippen LogP contribution in [-0.2, 0) is 6.54 Å². The van der Waals surface area contributed by atoms with Gasteiger partial charge in [0.25, 0.3) is 0 Å². The number of methoxy groups -OCH3 is 1. The molecule has 1 aliphatic carbocycles. The maximum atomic E-state index is 6.35. The molecule has 0 atom stereocenters. The summed E-state index contributed by atoms with van der Waals surface area (Å²) in [5, 5.41) is 12.1. The van der Waals surface area contributed by atoms with Crippen molar-refractivity contribution in [2.45, 2.75) is 38.1 Å². The van der Waals surface area contributed by atoms with Gasteiger partial charge < -0.3 is 14.6 Å². The first-order chi connectivity index (χ1) is 14.6. The lowest BCUT2D eigenvalue weighted by atomic mass is 9.78. The minimum absolute atomic E-state index is 0.410. The predicted molar refractivity (Wildman–Crippen MR) is 119 cm³/mol. The van der Waals surface area contributed by atoms with Crippen LogP contribution in [0.3, 0.4) is 0 Å². The Kier molecular flexibility index (Phi) is 5.11. The Labute approximate surface area is 181 Å². The minimum Gasteiger partial charge on any atom is -0.481 e. The molecule has 0 aromatic carbocycles. The number of hydrogen-bond donors (Lipinski definition) is 1. The zero-order valence-electron chi connectivity index (χ0n) is 17.4. The van der Waals surface area contributed by atoms with Crippen molar-refractivity contribution in [3.63, 3.8) is 0 Å². The number of hydrogen-bond acceptors (Lipinski definition) is 5. The zero-order valence-corrected chi connectivity index (χ0v) is 18.1. The molecule has 2 aliphatic heterocycles. The predicted octanol–water partition coefficient (Wildman–Crippen LogP) is 3.82. The summed E-state index contributed by atoms with van der Waals surface area (Å²) in [5.41, 5.74) is 4.67. The summed E-state index contributed by atoms with van der Waals surface area (Å²) < 4.78 is 5.30. The van der Waals surface area contributed by atoms with Crippen LogP contribution < -0.4 is 20.3 Å². The van der Waals surface area contributed by atoms with Crippen LogP contribution in [0.25, 0.3) is 11.8 Å². The van der Waals surface area contributed by atoms with Crippen LogP contribution >= 0.6 is 11.6 Å². The van der Waals surface area contributed by atoms with Crippen LogP contribution in [0.5, 0.6) is 5.88 Å². The molecular weight excluding hydrogens is 398 g/mol. The first-order valence-corrected chi connectivity index (χ1v) is 10.9. The van der Waals surface area contributed by atoms with Gasteiger partial charge in [-0.3, -0.25) is 0 Å². The Bertz CT molecular complexity index is 1140. The Balaban J connectivity index is 1.45. The van der Waals surface area contributed by atoms with E-state index in [1.54, 1.807) is 7.11 Å². The van der Waals surface area contributed by atoms with E-state index < -0.39 is 0 Å². The normalized spacial score (nSPS) is 23.2. The fraction of sp³-hybridized carbons (Fsp3) is 0.435. The number of fused-ring (bicyclic) bond motifs is 3. The number of ether oxygens (including phenoxy) is 1. The highest BCUT2D eigenvalue weighted by Gasteiger charge is 2.29. The summed E-state index contributed by atoms with van der Waals surface area (Å²) >= 11 is 6.35. The Morgan fingerprint density at radius 3 is 2.77 bits per heavy atom. The van der Waals surface area contributed by atoms with Crippen LogP contribution in [0.4, 0.5) is 5.69 Å². The van der Waals surface area contributed by atoms with E-state index in [0.717, 1.165) is 59.3 Å². The summed E-state index contributed by atoms with van der Waals surface area (Å²) in [6.45, 7) is 1.40. The van der Waals surface area contributed by atoms with E-state index in [-0.39, 0.29) is 0 Å². The van der Waals surface area contributed by atoms with Crippen molar-refractivity contribution in [2.24, 2.45) is 16.1 Å². The molecule has 0 bridgehead atoms. The summed E-state index contributed by atoms with van der Waals surface area (Å²) in [6, 6.07) is 6.05. The lowest BCUT2D eigenvalue weighted by Gasteiger charge is -2.28. The number of pyridine rings is 1. The van der Waals surface area contributed by atoms with E-state index in [4.69, 9.17) is 16.3 Å². The lowest BCUT2D eigenvalue weighted by Crippen LogP contribution is -2.25. The van der Waals surface area contributed by atoms with Crippen LogP contribution in [0.1, 0.15) is 42.9 Å². The molecule has 7 heteroatoms. The minimum atomic E-state index is 0.410. The van der Waals surface area contributed by atoms with Gasteiger partial charge in [-0.1, -0.05) is 17.7 Å². The molecule has 2 aromatic rings. The fourth-order valence-corrected chi connectivity index (χ4v) is 5.11. The van der Waals surface area contributed by atoms with Crippen molar-refractivity contribution in [1.82, 2.24) is 9.97 Å². The number of halogens is 1. The molecule has 1 N–H and O–H groups in total. The second kappa shape index (κ2) is 7.91. The van der Waals surface area contributed by atoms with Crippen LogP contribution in [-0.4, -0.2) is 30.7 Å². The number of aromatic amines is 1. The lowest BCUT2D eigenvalue weighted by molar-refractivity contribution is 0.363. The largest absolute Gasteiger partial charge is 0.481 e. The number of anilines is 1. The number of nitrogens with one attached hydrogen (secondary N) is 1. The van der Waals surface area contributed by atoms with Gasteiger partial charge in [-0.2, -0.15) is 10.2 Å². The molecule has 1 fully saturated rings. The van der Waals surface area contributed by atoms with Gasteiger partial charge in [0.15, 0.2) is 0 Å². The molecule has 156 valence electrons. The SMILES string of the molecule is COc1cccc([C@H]2CC[C@H](C3=c4[nH]c5c(c4CN=N3)N(C)CC=C(Cl)C=5)CC2)n1. The van der Waals surface area contributed by atoms with Gasteiger partial charge in [-0.25, -0.2) is 4.98 Å². The van der Waals surface area contributed by atoms with E-state index in [2.05, 4.69) is 38.2 Å². The van der Waals surface area contributed by atoms with Gasteiger partial charge in [-0.15, -0.1) is 0 Å². The Hall–Kier alpha value is -2.60. The van der Waals surface area contributed by atoms with E-state index in [1.165, 1.54) is 11.3 Å². The molecule has 0 amide bonds. The number of allylic oxidation sites excluding steroid dienone is 1. The standard InChI is InChI=1S/C23H26ClN5O/c1-29-11-10-16(24)12-19-23(29)17-13-25-28-21(22(17)27-19)15-8-6-14(7-9-15)18-4-3-5-20(26-18)30-2/h3-5,10,12,14-15,27H,6-9,11,13H2,1-2H3/t14-,15-. The third-order valence-corrected chi connectivity index (χ3v) is 6.74. The second-order valence-electron chi connectivity index (χ2n) is 8.29. The molecule has 6 nitrogen and oxygen atoms in total. The molecule has 0 unspecified atom stereocenters. The van der Waals surface area contributed by atoms with Crippen molar-refractivity contribution in [3.05, 3.63) is 51.3 Å². The Morgan fingerprint density at radius 2 is 1.97 bits per heavy atom. The van der Waals surface area contributed by atoms with Crippen LogP contribution in [0.2, 0.25) is 0 Å². The fourth-order valence-electron chi connectivity index (χ4n) is 4.93. The molecule has 2 aromatic heterocycles. The first kappa shape index (κ1) is 19.4. The molecule has 5 rings (SSSR count). The van der Waals surface area contributed by atoms with Crippen LogP contribution in [0.15, 0.2) is 39.5 Å². The van der Waals surface area contributed by atoms with Crippen molar-refractivity contribution in [2.75, 3.05) is 25.6 Å². The summed E-state index contributed by atoms with van der Waals surface area (Å²) in [4.78, 5) is 10.5. The summed E-state index contributed by atoms with van der Waals surface area (Å²) in [5.74, 6) is 1.57. The molecule has 30 heavy (non-hydrogen) atoms.